The molecule has 1 N–H and O–H groups in total. The maximum atomic E-state index is 12.8. The molecule has 2 aromatic rings. The second-order valence-corrected chi connectivity index (χ2v) is 10.5. The Balaban J connectivity index is 1.58. The number of ether oxygens (including phenoxy) is 1. The summed E-state index contributed by atoms with van der Waals surface area (Å²) in [4.78, 5) is 15.1. The predicted octanol–water partition coefficient (Wildman–Crippen LogP) is 3.17. The van der Waals surface area contributed by atoms with E-state index in [9.17, 15) is 13.2 Å². The summed E-state index contributed by atoms with van der Waals surface area (Å²) in [5, 5.41) is 3.55. The number of carbonyl (C=O) groups excluding carboxylic acids is 1. The number of nitrogens with one attached hydrogen (secondary N) is 1. The van der Waals surface area contributed by atoms with Crippen molar-refractivity contribution in [1.29, 1.82) is 0 Å². The lowest BCUT2D eigenvalue weighted by Gasteiger charge is -2.31. The van der Waals surface area contributed by atoms with Gasteiger partial charge in [0.2, 0.25) is 15.9 Å². The summed E-state index contributed by atoms with van der Waals surface area (Å²) in [5.41, 5.74) is 1.00. The zero-order valence-electron chi connectivity index (χ0n) is 18.6. The van der Waals surface area contributed by atoms with Gasteiger partial charge in [-0.1, -0.05) is 29.8 Å². The van der Waals surface area contributed by atoms with Gasteiger partial charge < -0.3 is 15.0 Å². The SMILES string of the molecule is COc1ccccc1[C@@H](CNC(=O)C1CCN(S(=O)(=O)c2ccc(Cl)cc2)CC1)N(C)C. The van der Waals surface area contributed by atoms with E-state index in [2.05, 4.69) is 5.32 Å². The molecule has 0 spiro atoms. The van der Waals surface area contributed by atoms with Gasteiger partial charge >= 0.3 is 0 Å². The first-order valence-electron chi connectivity index (χ1n) is 10.6. The molecule has 0 bridgehead atoms. The van der Waals surface area contributed by atoms with E-state index in [1.165, 1.54) is 16.4 Å². The van der Waals surface area contributed by atoms with Crippen molar-refractivity contribution in [3.05, 3.63) is 59.1 Å². The lowest BCUT2D eigenvalue weighted by atomic mass is 9.97. The largest absolute Gasteiger partial charge is 0.496 e. The van der Waals surface area contributed by atoms with Gasteiger partial charge in [-0.2, -0.15) is 4.31 Å². The van der Waals surface area contributed by atoms with Crippen molar-refractivity contribution in [2.75, 3.05) is 40.8 Å². The highest BCUT2D eigenvalue weighted by Gasteiger charge is 2.32. The Bertz CT molecular complexity index is 1020. The zero-order chi connectivity index (χ0) is 23.3. The third kappa shape index (κ3) is 5.61. The van der Waals surface area contributed by atoms with Crippen LogP contribution >= 0.6 is 11.6 Å². The topological polar surface area (TPSA) is 79.0 Å². The van der Waals surface area contributed by atoms with Crippen LogP contribution in [0.2, 0.25) is 5.02 Å². The van der Waals surface area contributed by atoms with E-state index < -0.39 is 10.0 Å². The van der Waals surface area contributed by atoms with Crippen LogP contribution in [0.25, 0.3) is 0 Å². The number of nitrogens with zero attached hydrogens (tertiary/aromatic N) is 2. The molecule has 0 aliphatic carbocycles. The quantitative estimate of drug-likeness (QED) is 0.629. The summed E-state index contributed by atoms with van der Waals surface area (Å²) in [5.74, 6) is 0.517. The van der Waals surface area contributed by atoms with Gasteiger partial charge in [0.25, 0.3) is 0 Å². The van der Waals surface area contributed by atoms with Gasteiger partial charge in [0, 0.05) is 36.1 Å². The molecule has 1 aliphatic heterocycles. The number of hydrogen-bond donors (Lipinski definition) is 1. The molecule has 2 aromatic carbocycles. The van der Waals surface area contributed by atoms with Gasteiger partial charge in [-0.15, -0.1) is 0 Å². The van der Waals surface area contributed by atoms with Crippen molar-refractivity contribution in [2.24, 2.45) is 5.92 Å². The zero-order valence-corrected chi connectivity index (χ0v) is 20.2. The molecule has 0 unspecified atom stereocenters. The minimum Gasteiger partial charge on any atom is -0.496 e. The first-order valence-corrected chi connectivity index (χ1v) is 12.4. The lowest BCUT2D eigenvalue weighted by Crippen LogP contribution is -2.44. The third-order valence-electron chi connectivity index (χ3n) is 5.87. The van der Waals surface area contributed by atoms with Crippen LogP contribution in [-0.4, -0.2) is 64.4 Å². The number of rotatable bonds is 8. The molecule has 174 valence electrons. The number of methoxy groups -OCH3 is 1. The fraction of sp³-hybridized carbons (Fsp3) is 0.435. The molecule has 1 aliphatic rings. The number of hydrogen-bond acceptors (Lipinski definition) is 5. The van der Waals surface area contributed by atoms with E-state index in [-0.39, 0.29) is 22.8 Å². The Morgan fingerprint density at radius 3 is 2.38 bits per heavy atom. The van der Waals surface area contributed by atoms with E-state index >= 15 is 0 Å². The van der Waals surface area contributed by atoms with Gasteiger partial charge in [-0.25, -0.2) is 8.42 Å². The fourth-order valence-electron chi connectivity index (χ4n) is 3.97. The van der Waals surface area contributed by atoms with E-state index in [1.54, 1.807) is 19.2 Å². The maximum absolute atomic E-state index is 12.8. The van der Waals surface area contributed by atoms with Gasteiger partial charge in [0.15, 0.2) is 0 Å². The lowest BCUT2D eigenvalue weighted by molar-refractivity contribution is -0.126. The van der Waals surface area contributed by atoms with Gasteiger partial charge in [0.05, 0.1) is 18.0 Å². The summed E-state index contributed by atoms with van der Waals surface area (Å²) in [6.45, 7) is 1.06. The predicted molar refractivity (Wildman–Crippen MR) is 125 cm³/mol. The summed E-state index contributed by atoms with van der Waals surface area (Å²) in [7, 11) is 1.97. The highest BCUT2D eigenvalue weighted by atomic mass is 35.5. The molecule has 3 rings (SSSR count). The summed E-state index contributed by atoms with van der Waals surface area (Å²) < 4.78 is 32.6. The number of likely N-dealkylation sites (N-methyl/N-ethyl adjacent to an activating group) is 1. The second-order valence-electron chi connectivity index (χ2n) is 8.10. The van der Waals surface area contributed by atoms with Crippen LogP contribution in [0.5, 0.6) is 5.75 Å². The molecular formula is C23H30ClN3O4S. The van der Waals surface area contributed by atoms with Crippen LogP contribution < -0.4 is 10.1 Å². The Hall–Kier alpha value is -2.13. The van der Waals surface area contributed by atoms with Crippen molar-refractivity contribution >= 4 is 27.5 Å². The van der Waals surface area contributed by atoms with Crippen molar-refractivity contribution in [1.82, 2.24) is 14.5 Å². The van der Waals surface area contributed by atoms with Gasteiger partial charge in [0.1, 0.15) is 5.75 Å². The molecule has 32 heavy (non-hydrogen) atoms. The molecule has 1 heterocycles. The minimum atomic E-state index is -3.59. The molecule has 1 saturated heterocycles. The van der Waals surface area contributed by atoms with Crippen LogP contribution in [0.4, 0.5) is 0 Å². The molecule has 1 amide bonds. The molecule has 0 radical (unpaired) electrons. The van der Waals surface area contributed by atoms with Crippen molar-refractivity contribution < 1.29 is 17.9 Å². The highest BCUT2D eigenvalue weighted by Crippen LogP contribution is 2.28. The highest BCUT2D eigenvalue weighted by molar-refractivity contribution is 7.89. The molecule has 0 aromatic heterocycles. The molecule has 9 heteroatoms. The van der Waals surface area contributed by atoms with E-state index in [1.807, 2.05) is 43.3 Å². The van der Waals surface area contributed by atoms with Crippen molar-refractivity contribution in [3.8, 4) is 5.75 Å². The standard InChI is InChI=1S/C23H30ClN3O4S/c1-26(2)21(20-6-4-5-7-22(20)31-3)16-25-23(28)17-12-14-27(15-13-17)32(29,30)19-10-8-18(24)9-11-19/h4-11,17,21H,12-16H2,1-3H3,(H,25,28)/t21-/m1/s1. The first kappa shape index (κ1) is 24.5. The number of sulfonamides is 1. The normalized spacial score (nSPS) is 16.7. The molecule has 1 atom stereocenters. The second kappa shape index (κ2) is 10.7. The van der Waals surface area contributed by atoms with Crippen LogP contribution in [0.1, 0.15) is 24.4 Å². The third-order valence-corrected chi connectivity index (χ3v) is 8.03. The summed E-state index contributed by atoms with van der Waals surface area (Å²) in [6.07, 6.45) is 0.972. The number of halogens is 1. The minimum absolute atomic E-state index is 0.0412. The van der Waals surface area contributed by atoms with E-state index in [0.717, 1.165) is 11.3 Å². The summed E-state index contributed by atoms with van der Waals surface area (Å²) >= 11 is 5.87. The van der Waals surface area contributed by atoms with Crippen LogP contribution in [0, 0.1) is 5.92 Å². The van der Waals surface area contributed by atoms with Crippen molar-refractivity contribution in [3.63, 3.8) is 0 Å². The molecule has 7 nitrogen and oxygen atoms in total. The van der Waals surface area contributed by atoms with E-state index in [4.69, 9.17) is 16.3 Å². The molecule has 0 saturated carbocycles. The number of para-hydroxylation sites is 1. The van der Waals surface area contributed by atoms with Gasteiger partial charge in [-0.3, -0.25) is 4.79 Å². The van der Waals surface area contributed by atoms with Crippen LogP contribution in [0.3, 0.4) is 0 Å². The number of benzene rings is 2. The average Bonchev–Trinajstić information content (AvgIpc) is 2.79. The Labute approximate surface area is 195 Å². The van der Waals surface area contributed by atoms with Crippen molar-refractivity contribution in [2.45, 2.75) is 23.8 Å². The Morgan fingerprint density at radius 1 is 1.16 bits per heavy atom. The van der Waals surface area contributed by atoms with Crippen LogP contribution in [0.15, 0.2) is 53.4 Å². The Kier molecular flexibility index (Phi) is 8.16. The average molecular weight is 480 g/mol. The molecular weight excluding hydrogens is 450 g/mol. The monoisotopic (exact) mass is 479 g/mol. The summed E-state index contributed by atoms with van der Waals surface area (Å²) in [6, 6.07) is 13.9. The number of piperidine rings is 1. The maximum Gasteiger partial charge on any atom is 0.243 e. The number of carbonyl (C=O) groups is 1. The van der Waals surface area contributed by atoms with Gasteiger partial charge in [-0.05, 0) is 57.3 Å². The van der Waals surface area contributed by atoms with Crippen LogP contribution in [-0.2, 0) is 14.8 Å². The number of amides is 1. The molecule has 1 fully saturated rings. The first-order chi connectivity index (χ1) is 15.2. The van der Waals surface area contributed by atoms with E-state index in [0.29, 0.717) is 37.5 Å². The Morgan fingerprint density at radius 2 is 1.78 bits per heavy atom. The fourth-order valence-corrected chi connectivity index (χ4v) is 5.56. The smallest absolute Gasteiger partial charge is 0.243 e.